The van der Waals surface area contributed by atoms with Gasteiger partial charge in [-0.1, -0.05) is 19.1 Å². The summed E-state index contributed by atoms with van der Waals surface area (Å²) in [5.74, 6) is 2.54. The average molecular weight is 242 g/mol. The molecule has 94 valence electrons. The minimum Gasteiger partial charge on any atom is -0.496 e. The number of imidazole rings is 1. The number of aromatic nitrogens is 2. The van der Waals surface area contributed by atoms with Gasteiger partial charge in [-0.15, -0.1) is 0 Å². The first-order valence-corrected chi connectivity index (χ1v) is 6.50. The number of nitrogens with zero attached hydrogens (tertiary/aromatic N) is 2. The molecule has 18 heavy (non-hydrogen) atoms. The molecule has 3 nitrogen and oxygen atoms in total. The second kappa shape index (κ2) is 4.48. The molecule has 0 fully saturated rings. The Morgan fingerprint density at radius 3 is 3.00 bits per heavy atom. The van der Waals surface area contributed by atoms with E-state index in [1.165, 1.54) is 18.5 Å². The highest BCUT2D eigenvalue weighted by molar-refractivity contribution is 5.65. The summed E-state index contributed by atoms with van der Waals surface area (Å²) in [6, 6.07) is 8.09. The van der Waals surface area contributed by atoms with Gasteiger partial charge in [0.1, 0.15) is 11.6 Å². The molecule has 1 aromatic heterocycles. The van der Waals surface area contributed by atoms with Gasteiger partial charge in [-0.3, -0.25) is 0 Å². The Hall–Kier alpha value is -1.77. The van der Waals surface area contributed by atoms with E-state index in [9.17, 15) is 0 Å². The van der Waals surface area contributed by atoms with Gasteiger partial charge in [-0.25, -0.2) is 4.98 Å². The summed E-state index contributed by atoms with van der Waals surface area (Å²) in [6.07, 6.45) is 4.51. The minimum absolute atomic E-state index is 0.606. The van der Waals surface area contributed by atoms with E-state index in [1.807, 2.05) is 24.4 Å². The highest BCUT2D eigenvalue weighted by atomic mass is 16.5. The molecule has 0 saturated heterocycles. The third-order valence-corrected chi connectivity index (χ3v) is 3.76. The van der Waals surface area contributed by atoms with Crippen LogP contribution in [0.5, 0.6) is 5.75 Å². The van der Waals surface area contributed by atoms with Gasteiger partial charge in [0.15, 0.2) is 0 Å². The van der Waals surface area contributed by atoms with Crippen molar-refractivity contribution in [2.45, 2.75) is 32.2 Å². The molecule has 1 aliphatic heterocycles. The predicted molar refractivity (Wildman–Crippen MR) is 71.9 cm³/mol. The van der Waals surface area contributed by atoms with Crippen molar-refractivity contribution in [3.05, 3.63) is 36.2 Å². The van der Waals surface area contributed by atoms with Crippen LogP contribution in [0.15, 0.2) is 30.5 Å². The fourth-order valence-electron chi connectivity index (χ4n) is 2.77. The molecule has 0 radical (unpaired) electrons. The molecule has 0 bridgehead atoms. The number of ether oxygens (including phenoxy) is 1. The van der Waals surface area contributed by atoms with Crippen LogP contribution in [0.25, 0.3) is 11.4 Å². The summed E-state index contributed by atoms with van der Waals surface area (Å²) >= 11 is 0. The number of benzene rings is 1. The number of hydrogen-bond donors (Lipinski definition) is 0. The summed E-state index contributed by atoms with van der Waals surface area (Å²) < 4.78 is 7.77. The normalized spacial score (nSPS) is 18.4. The van der Waals surface area contributed by atoms with Gasteiger partial charge < -0.3 is 9.30 Å². The Morgan fingerprint density at radius 1 is 1.33 bits per heavy atom. The molecule has 3 rings (SSSR count). The average Bonchev–Trinajstić information content (AvgIpc) is 2.84. The molecular formula is C15H18N2O. The first-order valence-electron chi connectivity index (χ1n) is 6.50. The molecule has 0 amide bonds. The van der Waals surface area contributed by atoms with Crippen molar-refractivity contribution in [1.82, 2.24) is 9.55 Å². The van der Waals surface area contributed by atoms with Crippen LogP contribution < -0.4 is 4.74 Å². The lowest BCUT2D eigenvalue weighted by Gasteiger charge is -2.22. The zero-order valence-electron chi connectivity index (χ0n) is 10.9. The van der Waals surface area contributed by atoms with Gasteiger partial charge >= 0.3 is 0 Å². The topological polar surface area (TPSA) is 27.1 Å². The zero-order chi connectivity index (χ0) is 12.5. The highest BCUT2D eigenvalue weighted by Crippen LogP contribution is 2.34. The SMILES string of the molecule is COc1ccccc1-c1ncc2n1CCCC2C. The van der Waals surface area contributed by atoms with Crippen LogP contribution in [0.2, 0.25) is 0 Å². The molecule has 2 aromatic rings. The first-order chi connectivity index (χ1) is 8.81. The van der Waals surface area contributed by atoms with E-state index in [1.54, 1.807) is 7.11 Å². The van der Waals surface area contributed by atoms with Crippen molar-refractivity contribution < 1.29 is 4.74 Å². The minimum atomic E-state index is 0.606. The Kier molecular flexibility index (Phi) is 2.82. The first kappa shape index (κ1) is 11.3. The third-order valence-electron chi connectivity index (χ3n) is 3.76. The van der Waals surface area contributed by atoms with Gasteiger partial charge in [0.2, 0.25) is 0 Å². The monoisotopic (exact) mass is 242 g/mol. The summed E-state index contributed by atoms with van der Waals surface area (Å²) in [4.78, 5) is 4.61. The van der Waals surface area contributed by atoms with Gasteiger partial charge in [0.05, 0.1) is 12.7 Å². The lowest BCUT2D eigenvalue weighted by molar-refractivity contribution is 0.415. The summed E-state index contributed by atoms with van der Waals surface area (Å²) in [5, 5.41) is 0. The van der Waals surface area contributed by atoms with Crippen LogP contribution in [-0.4, -0.2) is 16.7 Å². The fourth-order valence-corrected chi connectivity index (χ4v) is 2.77. The lowest BCUT2D eigenvalue weighted by atomic mass is 9.98. The van der Waals surface area contributed by atoms with E-state index in [0.717, 1.165) is 23.7 Å². The molecule has 1 aromatic carbocycles. The largest absolute Gasteiger partial charge is 0.496 e. The van der Waals surface area contributed by atoms with Gasteiger partial charge in [-0.2, -0.15) is 0 Å². The predicted octanol–water partition coefficient (Wildman–Crippen LogP) is 3.46. The van der Waals surface area contributed by atoms with E-state index in [4.69, 9.17) is 4.74 Å². The Morgan fingerprint density at radius 2 is 2.17 bits per heavy atom. The van der Waals surface area contributed by atoms with Gasteiger partial charge in [0.25, 0.3) is 0 Å². The van der Waals surface area contributed by atoms with Crippen molar-refractivity contribution in [1.29, 1.82) is 0 Å². The molecule has 1 atom stereocenters. The van der Waals surface area contributed by atoms with Crippen LogP contribution in [0, 0.1) is 0 Å². The van der Waals surface area contributed by atoms with Crippen molar-refractivity contribution >= 4 is 0 Å². The summed E-state index contributed by atoms with van der Waals surface area (Å²) in [6.45, 7) is 3.34. The molecule has 1 unspecified atom stereocenters. The third kappa shape index (κ3) is 1.70. The summed E-state index contributed by atoms with van der Waals surface area (Å²) in [7, 11) is 1.71. The lowest BCUT2D eigenvalue weighted by Crippen LogP contribution is -2.14. The number of fused-ring (bicyclic) bond motifs is 1. The van der Waals surface area contributed by atoms with E-state index in [0.29, 0.717) is 5.92 Å². The van der Waals surface area contributed by atoms with Crippen LogP contribution in [0.4, 0.5) is 0 Å². The molecule has 0 spiro atoms. The maximum absolute atomic E-state index is 5.43. The maximum Gasteiger partial charge on any atom is 0.143 e. The van der Waals surface area contributed by atoms with Crippen molar-refractivity contribution in [3.8, 4) is 17.1 Å². The van der Waals surface area contributed by atoms with Crippen molar-refractivity contribution in [3.63, 3.8) is 0 Å². The molecular weight excluding hydrogens is 224 g/mol. The van der Waals surface area contributed by atoms with Crippen LogP contribution in [-0.2, 0) is 6.54 Å². The number of methoxy groups -OCH3 is 1. The van der Waals surface area contributed by atoms with E-state index < -0.39 is 0 Å². The van der Waals surface area contributed by atoms with Crippen LogP contribution in [0.1, 0.15) is 31.4 Å². The maximum atomic E-state index is 5.43. The molecule has 0 saturated carbocycles. The van der Waals surface area contributed by atoms with E-state index in [2.05, 4.69) is 22.5 Å². The van der Waals surface area contributed by atoms with Gasteiger partial charge in [-0.05, 0) is 30.9 Å². The smallest absolute Gasteiger partial charge is 0.143 e. The Balaban J connectivity index is 2.13. The van der Waals surface area contributed by atoms with Crippen molar-refractivity contribution in [2.24, 2.45) is 0 Å². The second-order valence-electron chi connectivity index (χ2n) is 4.90. The molecule has 2 heterocycles. The number of rotatable bonds is 2. The fraction of sp³-hybridized carbons (Fsp3) is 0.400. The standard InChI is InChI=1S/C15H18N2O/c1-11-6-5-9-17-13(11)10-16-15(17)12-7-3-4-8-14(12)18-2/h3-4,7-8,10-11H,5-6,9H2,1-2H3. The number of para-hydroxylation sites is 1. The Bertz CT molecular complexity index is 559. The molecule has 0 aliphatic carbocycles. The molecule has 3 heteroatoms. The molecule has 0 N–H and O–H groups in total. The highest BCUT2D eigenvalue weighted by Gasteiger charge is 2.21. The van der Waals surface area contributed by atoms with Crippen molar-refractivity contribution in [2.75, 3.05) is 7.11 Å². The summed E-state index contributed by atoms with van der Waals surface area (Å²) in [5.41, 5.74) is 2.43. The molecule has 1 aliphatic rings. The second-order valence-corrected chi connectivity index (χ2v) is 4.90. The Labute approximate surface area is 107 Å². The van der Waals surface area contributed by atoms with E-state index in [-0.39, 0.29) is 0 Å². The van der Waals surface area contributed by atoms with Crippen LogP contribution >= 0.6 is 0 Å². The number of hydrogen-bond acceptors (Lipinski definition) is 2. The van der Waals surface area contributed by atoms with Gasteiger partial charge in [0, 0.05) is 18.4 Å². The quantitative estimate of drug-likeness (QED) is 0.806. The van der Waals surface area contributed by atoms with E-state index >= 15 is 0 Å². The zero-order valence-corrected chi connectivity index (χ0v) is 10.9. The van der Waals surface area contributed by atoms with Crippen LogP contribution in [0.3, 0.4) is 0 Å².